The minimum atomic E-state index is -1.34. The molecule has 0 aliphatic heterocycles. The lowest BCUT2D eigenvalue weighted by atomic mass is 9.75. The summed E-state index contributed by atoms with van der Waals surface area (Å²) >= 11 is 0. The molecule has 1 unspecified atom stereocenters. The van der Waals surface area contributed by atoms with Crippen LogP contribution in [0.15, 0.2) is 0 Å². The minimum absolute atomic E-state index is 0.198. The molecule has 1 atom stereocenters. The van der Waals surface area contributed by atoms with Crippen LogP contribution >= 0.6 is 0 Å². The number of carboxylic acids is 2. The molecule has 0 fully saturated rings. The van der Waals surface area contributed by atoms with E-state index in [1.165, 1.54) is 0 Å². The third-order valence-corrected chi connectivity index (χ3v) is 2.97. The Hall–Kier alpha value is -1.59. The molecule has 0 aromatic heterocycles. The number of ether oxygens (including phenoxy) is 1. The van der Waals surface area contributed by atoms with E-state index in [0.717, 1.165) is 6.92 Å². The van der Waals surface area contributed by atoms with Gasteiger partial charge in [-0.05, 0) is 12.8 Å². The Kier molecular flexibility index (Phi) is 5.64. The van der Waals surface area contributed by atoms with Crippen molar-refractivity contribution in [3.05, 3.63) is 0 Å². The Morgan fingerprint density at radius 2 is 1.65 bits per heavy atom. The van der Waals surface area contributed by atoms with E-state index >= 15 is 0 Å². The Morgan fingerprint density at radius 3 is 1.88 bits per heavy atom. The van der Waals surface area contributed by atoms with Crippen molar-refractivity contribution >= 4 is 17.9 Å². The second kappa shape index (κ2) is 6.22. The molecule has 0 aromatic carbocycles. The molecule has 17 heavy (non-hydrogen) atoms. The van der Waals surface area contributed by atoms with Crippen molar-refractivity contribution in [2.24, 2.45) is 5.41 Å². The number of hydrogen-bond donors (Lipinski definition) is 2. The first kappa shape index (κ1) is 15.4. The van der Waals surface area contributed by atoms with Crippen molar-refractivity contribution in [3.63, 3.8) is 0 Å². The van der Waals surface area contributed by atoms with Crippen LogP contribution in [0.1, 0.15) is 40.0 Å². The van der Waals surface area contributed by atoms with Gasteiger partial charge in [-0.15, -0.1) is 0 Å². The summed E-state index contributed by atoms with van der Waals surface area (Å²) < 4.78 is 4.87. The van der Waals surface area contributed by atoms with E-state index in [1.807, 2.05) is 0 Å². The fraction of sp³-hybridized carbons (Fsp3) is 0.727. The zero-order valence-corrected chi connectivity index (χ0v) is 10.2. The largest absolute Gasteiger partial charge is 0.481 e. The molecule has 0 saturated carbocycles. The molecular formula is C11H18O6. The molecule has 2 N–H and O–H groups in total. The standard InChI is InChI=1S/C11H18O6/c1-4-11(5-2,10(15)16)8(6-9(13)14)17-7(3)12/h8H,4-6H2,1-3H3,(H,13,14)(H,15,16). The molecule has 0 aliphatic carbocycles. The third kappa shape index (κ3) is 3.72. The molecule has 0 amide bonds. The Morgan fingerprint density at radius 1 is 1.18 bits per heavy atom. The van der Waals surface area contributed by atoms with Gasteiger partial charge in [-0.1, -0.05) is 13.8 Å². The highest BCUT2D eigenvalue weighted by molar-refractivity contribution is 5.78. The molecule has 98 valence electrons. The Labute approximate surface area is 99.6 Å². The molecule has 0 aromatic rings. The lowest BCUT2D eigenvalue weighted by molar-refractivity contribution is -0.171. The van der Waals surface area contributed by atoms with Gasteiger partial charge in [0.25, 0.3) is 0 Å². The fourth-order valence-electron chi connectivity index (χ4n) is 1.85. The van der Waals surface area contributed by atoms with Crippen molar-refractivity contribution < 1.29 is 29.3 Å². The van der Waals surface area contributed by atoms with Crippen LogP contribution in [0.3, 0.4) is 0 Å². The van der Waals surface area contributed by atoms with E-state index in [2.05, 4.69) is 0 Å². The topological polar surface area (TPSA) is 101 Å². The summed E-state index contributed by atoms with van der Waals surface area (Å²) in [5.41, 5.74) is -1.34. The normalized spacial score (nSPS) is 12.9. The Balaban J connectivity index is 5.26. The van der Waals surface area contributed by atoms with E-state index < -0.39 is 35.8 Å². The predicted molar refractivity (Wildman–Crippen MR) is 58.5 cm³/mol. The average molecular weight is 246 g/mol. The summed E-state index contributed by atoms with van der Waals surface area (Å²) in [4.78, 5) is 32.9. The molecule has 0 aliphatic rings. The SMILES string of the molecule is CCC(CC)(C(=O)O)C(CC(=O)O)OC(C)=O. The molecule has 0 heterocycles. The van der Waals surface area contributed by atoms with Crippen LogP contribution in [0, 0.1) is 5.41 Å². The molecular weight excluding hydrogens is 228 g/mol. The number of rotatable bonds is 7. The second-order valence-corrected chi connectivity index (χ2v) is 3.86. The quantitative estimate of drug-likeness (QED) is 0.656. The summed E-state index contributed by atoms with van der Waals surface area (Å²) in [5.74, 6) is -3.01. The van der Waals surface area contributed by atoms with Gasteiger partial charge in [0.05, 0.1) is 6.42 Å². The highest BCUT2D eigenvalue weighted by Crippen LogP contribution is 2.35. The minimum Gasteiger partial charge on any atom is -0.481 e. The molecule has 0 radical (unpaired) electrons. The van der Waals surface area contributed by atoms with Gasteiger partial charge in [0.1, 0.15) is 11.5 Å². The number of hydrogen-bond acceptors (Lipinski definition) is 4. The number of carbonyl (C=O) groups is 3. The molecule has 0 spiro atoms. The van der Waals surface area contributed by atoms with Crippen LogP contribution < -0.4 is 0 Å². The Bertz CT molecular complexity index is 289. The van der Waals surface area contributed by atoms with Crippen LogP contribution in [-0.4, -0.2) is 34.2 Å². The van der Waals surface area contributed by atoms with Crippen LogP contribution in [-0.2, 0) is 19.1 Å². The number of aliphatic carboxylic acids is 2. The highest BCUT2D eigenvalue weighted by Gasteiger charge is 2.46. The number of esters is 1. The summed E-state index contributed by atoms with van der Waals surface area (Å²) in [5, 5.41) is 18.0. The van der Waals surface area contributed by atoms with E-state index in [0.29, 0.717) is 0 Å². The van der Waals surface area contributed by atoms with E-state index in [1.54, 1.807) is 13.8 Å². The van der Waals surface area contributed by atoms with Crippen LogP contribution in [0.4, 0.5) is 0 Å². The van der Waals surface area contributed by atoms with Gasteiger partial charge >= 0.3 is 17.9 Å². The summed E-state index contributed by atoms with van der Waals surface area (Å²) in [6, 6.07) is 0. The third-order valence-electron chi connectivity index (χ3n) is 2.97. The van der Waals surface area contributed by atoms with Gasteiger partial charge < -0.3 is 14.9 Å². The molecule has 0 rings (SSSR count). The first-order valence-electron chi connectivity index (χ1n) is 5.42. The van der Waals surface area contributed by atoms with Crippen molar-refractivity contribution in [1.82, 2.24) is 0 Å². The molecule has 6 heteroatoms. The average Bonchev–Trinajstić information content (AvgIpc) is 2.17. The number of carboxylic acid groups (broad SMARTS) is 2. The molecule has 0 bridgehead atoms. The van der Waals surface area contributed by atoms with Gasteiger partial charge in [0.2, 0.25) is 0 Å². The first-order valence-corrected chi connectivity index (χ1v) is 5.42. The van der Waals surface area contributed by atoms with Crippen molar-refractivity contribution in [1.29, 1.82) is 0 Å². The van der Waals surface area contributed by atoms with Crippen LogP contribution in [0.25, 0.3) is 0 Å². The number of carbonyl (C=O) groups excluding carboxylic acids is 1. The second-order valence-electron chi connectivity index (χ2n) is 3.86. The maximum Gasteiger partial charge on any atom is 0.313 e. The van der Waals surface area contributed by atoms with Gasteiger partial charge in [-0.25, -0.2) is 0 Å². The highest BCUT2D eigenvalue weighted by atomic mass is 16.5. The van der Waals surface area contributed by atoms with Crippen molar-refractivity contribution in [2.45, 2.75) is 46.1 Å². The lowest BCUT2D eigenvalue weighted by Gasteiger charge is -2.33. The summed E-state index contributed by atoms with van der Waals surface area (Å²) in [7, 11) is 0. The van der Waals surface area contributed by atoms with Gasteiger partial charge in [-0.3, -0.25) is 14.4 Å². The lowest BCUT2D eigenvalue weighted by Crippen LogP contribution is -2.45. The van der Waals surface area contributed by atoms with Crippen molar-refractivity contribution in [2.75, 3.05) is 0 Å². The maximum atomic E-state index is 11.3. The van der Waals surface area contributed by atoms with E-state index in [4.69, 9.17) is 9.84 Å². The zero-order chi connectivity index (χ0) is 13.6. The first-order chi connectivity index (χ1) is 7.80. The van der Waals surface area contributed by atoms with Crippen molar-refractivity contribution in [3.8, 4) is 0 Å². The summed E-state index contributed by atoms with van der Waals surface area (Å²) in [6.45, 7) is 4.40. The van der Waals surface area contributed by atoms with Gasteiger partial charge in [-0.2, -0.15) is 0 Å². The maximum absolute atomic E-state index is 11.3. The molecule has 0 saturated heterocycles. The van der Waals surface area contributed by atoms with Crippen LogP contribution in [0.5, 0.6) is 0 Å². The van der Waals surface area contributed by atoms with E-state index in [9.17, 15) is 19.5 Å². The fourth-order valence-corrected chi connectivity index (χ4v) is 1.85. The summed E-state index contributed by atoms with van der Waals surface area (Å²) in [6.07, 6.45) is -1.26. The smallest absolute Gasteiger partial charge is 0.313 e. The molecule has 6 nitrogen and oxygen atoms in total. The van der Waals surface area contributed by atoms with E-state index in [-0.39, 0.29) is 12.8 Å². The monoisotopic (exact) mass is 246 g/mol. The van der Waals surface area contributed by atoms with Gasteiger partial charge in [0.15, 0.2) is 0 Å². The van der Waals surface area contributed by atoms with Crippen LogP contribution in [0.2, 0.25) is 0 Å². The zero-order valence-electron chi connectivity index (χ0n) is 10.2. The van der Waals surface area contributed by atoms with Gasteiger partial charge in [0, 0.05) is 6.92 Å². The predicted octanol–water partition coefficient (Wildman–Crippen LogP) is 1.28.